The van der Waals surface area contributed by atoms with Crippen molar-refractivity contribution in [3.8, 4) is 11.3 Å². The van der Waals surface area contributed by atoms with Gasteiger partial charge in [0.1, 0.15) is 11.5 Å². The molecule has 0 aliphatic heterocycles. The van der Waals surface area contributed by atoms with Crippen molar-refractivity contribution < 1.29 is 9.18 Å². The fraction of sp³-hybridized carbons (Fsp3) is 0.0909. The highest BCUT2D eigenvalue weighted by Crippen LogP contribution is 2.20. The zero-order valence-electron chi connectivity index (χ0n) is 8.62. The van der Waals surface area contributed by atoms with Crippen LogP contribution < -0.4 is 5.73 Å². The predicted octanol–water partition coefficient (Wildman–Crippen LogP) is 1.62. The van der Waals surface area contributed by atoms with Crippen LogP contribution in [0.4, 0.5) is 4.39 Å². The van der Waals surface area contributed by atoms with Gasteiger partial charge in [0.2, 0.25) is 0 Å². The Kier molecular flexibility index (Phi) is 2.44. The Morgan fingerprint density at radius 2 is 2.19 bits per heavy atom. The van der Waals surface area contributed by atoms with Crippen molar-refractivity contribution in [3.05, 3.63) is 41.3 Å². The number of aryl methyl sites for hydroxylation is 1. The minimum absolute atomic E-state index is 0.233. The van der Waals surface area contributed by atoms with Gasteiger partial charge in [-0.25, -0.2) is 4.39 Å². The maximum Gasteiger partial charge on any atom is 0.266 e. The van der Waals surface area contributed by atoms with Crippen molar-refractivity contribution in [1.82, 2.24) is 10.2 Å². The van der Waals surface area contributed by atoms with Gasteiger partial charge in [0, 0.05) is 5.56 Å². The third-order valence-electron chi connectivity index (χ3n) is 2.30. The van der Waals surface area contributed by atoms with E-state index in [-0.39, 0.29) is 11.5 Å². The number of aromatic nitrogens is 2. The molecule has 0 saturated heterocycles. The van der Waals surface area contributed by atoms with Gasteiger partial charge in [0.25, 0.3) is 5.91 Å². The summed E-state index contributed by atoms with van der Waals surface area (Å²) in [5.74, 6) is -0.841. The highest BCUT2D eigenvalue weighted by Gasteiger charge is 2.08. The van der Waals surface area contributed by atoms with Crippen molar-refractivity contribution in [2.45, 2.75) is 6.92 Å². The summed E-state index contributed by atoms with van der Waals surface area (Å²) < 4.78 is 13.0. The van der Waals surface area contributed by atoms with Gasteiger partial charge < -0.3 is 5.73 Å². The summed E-state index contributed by atoms with van der Waals surface area (Å²) in [5.41, 5.74) is 7.16. The Labute approximate surface area is 91.3 Å². The molecule has 5 heteroatoms. The summed E-state index contributed by atoms with van der Waals surface area (Å²) in [7, 11) is 0. The van der Waals surface area contributed by atoms with Crippen LogP contribution in [0.1, 0.15) is 16.1 Å². The van der Waals surface area contributed by atoms with Crippen molar-refractivity contribution in [2.75, 3.05) is 0 Å². The fourth-order valence-electron chi connectivity index (χ4n) is 1.40. The van der Waals surface area contributed by atoms with Crippen molar-refractivity contribution in [1.29, 1.82) is 0 Å². The standard InChI is InChI=1S/C11H10FN3O/c1-6-4-7(2-3-8(6)12)9-5-10(11(13)16)15-14-9/h2-5H,1H3,(H2,13,16)(H,14,15). The molecule has 0 atom stereocenters. The Hall–Kier alpha value is -2.17. The van der Waals surface area contributed by atoms with E-state index in [4.69, 9.17) is 5.73 Å². The minimum atomic E-state index is -0.572. The van der Waals surface area contributed by atoms with E-state index in [0.29, 0.717) is 11.3 Å². The normalized spacial score (nSPS) is 10.4. The number of benzene rings is 1. The zero-order valence-corrected chi connectivity index (χ0v) is 8.62. The van der Waals surface area contributed by atoms with E-state index in [1.165, 1.54) is 12.1 Å². The number of halogens is 1. The summed E-state index contributed by atoms with van der Waals surface area (Å²) in [6.45, 7) is 1.67. The fourth-order valence-corrected chi connectivity index (χ4v) is 1.40. The number of carbonyl (C=O) groups excluding carboxylic acids is 1. The molecule has 4 nitrogen and oxygen atoms in total. The highest BCUT2D eigenvalue weighted by atomic mass is 19.1. The van der Waals surface area contributed by atoms with E-state index in [9.17, 15) is 9.18 Å². The van der Waals surface area contributed by atoms with Gasteiger partial charge in [0.15, 0.2) is 0 Å². The van der Waals surface area contributed by atoms with Gasteiger partial charge in [-0.3, -0.25) is 9.89 Å². The van der Waals surface area contributed by atoms with Crippen LogP contribution in [0.2, 0.25) is 0 Å². The van der Waals surface area contributed by atoms with Gasteiger partial charge >= 0.3 is 0 Å². The van der Waals surface area contributed by atoms with Crippen LogP contribution in [0.15, 0.2) is 24.3 Å². The lowest BCUT2D eigenvalue weighted by Crippen LogP contribution is -2.10. The van der Waals surface area contributed by atoms with E-state index in [0.717, 1.165) is 5.56 Å². The Balaban J connectivity index is 2.42. The Morgan fingerprint density at radius 1 is 1.44 bits per heavy atom. The molecule has 2 aromatic rings. The van der Waals surface area contributed by atoms with Crippen LogP contribution in [-0.2, 0) is 0 Å². The second-order valence-electron chi connectivity index (χ2n) is 3.50. The zero-order chi connectivity index (χ0) is 11.7. The maximum absolute atomic E-state index is 13.0. The molecule has 0 unspecified atom stereocenters. The molecule has 0 radical (unpaired) electrons. The largest absolute Gasteiger partial charge is 0.364 e. The number of nitrogens with one attached hydrogen (secondary N) is 1. The topological polar surface area (TPSA) is 71.8 Å². The van der Waals surface area contributed by atoms with Crippen LogP contribution in [0.5, 0.6) is 0 Å². The molecular formula is C11H10FN3O. The quantitative estimate of drug-likeness (QED) is 0.805. The van der Waals surface area contributed by atoms with Gasteiger partial charge in [0.05, 0.1) is 5.69 Å². The number of rotatable bonds is 2. The van der Waals surface area contributed by atoms with Crippen LogP contribution in [0.25, 0.3) is 11.3 Å². The SMILES string of the molecule is Cc1cc(-c2cc(C(N)=O)[nH]n2)ccc1F. The molecule has 1 amide bonds. The summed E-state index contributed by atoms with van der Waals surface area (Å²) >= 11 is 0. The van der Waals surface area contributed by atoms with Crippen LogP contribution in [0.3, 0.4) is 0 Å². The number of H-pyrrole nitrogens is 1. The molecule has 1 aromatic carbocycles. The number of aromatic amines is 1. The van der Waals surface area contributed by atoms with Crippen molar-refractivity contribution >= 4 is 5.91 Å². The molecule has 0 spiro atoms. The summed E-state index contributed by atoms with van der Waals surface area (Å²) in [6, 6.07) is 6.16. The first-order valence-electron chi connectivity index (χ1n) is 4.69. The molecular weight excluding hydrogens is 209 g/mol. The Morgan fingerprint density at radius 3 is 2.75 bits per heavy atom. The summed E-state index contributed by atoms with van der Waals surface area (Å²) in [4.78, 5) is 10.9. The maximum atomic E-state index is 13.0. The van der Waals surface area contributed by atoms with Gasteiger partial charge in [-0.1, -0.05) is 0 Å². The minimum Gasteiger partial charge on any atom is -0.364 e. The number of nitrogens with zero attached hydrogens (tertiary/aromatic N) is 1. The molecule has 1 heterocycles. The smallest absolute Gasteiger partial charge is 0.266 e. The van der Waals surface area contributed by atoms with Gasteiger partial charge in [-0.15, -0.1) is 0 Å². The first-order valence-corrected chi connectivity index (χ1v) is 4.69. The van der Waals surface area contributed by atoms with E-state index < -0.39 is 5.91 Å². The number of carbonyl (C=O) groups is 1. The molecule has 3 N–H and O–H groups in total. The van der Waals surface area contributed by atoms with Crippen LogP contribution >= 0.6 is 0 Å². The summed E-state index contributed by atoms with van der Waals surface area (Å²) in [6.07, 6.45) is 0. The first kappa shape index (κ1) is 10.4. The van der Waals surface area contributed by atoms with E-state index >= 15 is 0 Å². The van der Waals surface area contributed by atoms with Crippen molar-refractivity contribution in [2.24, 2.45) is 5.73 Å². The highest BCUT2D eigenvalue weighted by molar-refractivity contribution is 5.91. The monoisotopic (exact) mass is 219 g/mol. The molecule has 0 fully saturated rings. The third kappa shape index (κ3) is 1.79. The van der Waals surface area contributed by atoms with E-state index in [1.807, 2.05) is 0 Å². The number of hydrogen-bond donors (Lipinski definition) is 2. The molecule has 1 aromatic heterocycles. The molecule has 0 bridgehead atoms. The predicted molar refractivity (Wildman–Crippen MR) is 57.2 cm³/mol. The van der Waals surface area contributed by atoms with Crippen LogP contribution in [-0.4, -0.2) is 16.1 Å². The van der Waals surface area contributed by atoms with Gasteiger partial charge in [-0.05, 0) is 36.8 Å². The lowest BCUT2D eigenvalue weighted by molar-refractivity contribution is 0.0995. The molecule has 82 valence electrons. The number of hydrogen-bond acceptors (Lipinski definition) is 2. The van der Waals surface area contributed by atoms with Crippen LogP contribution in [0, 0.1) is 12.7 Å². The molecule has 0 aliphatic carbocycles. The third-order valence-corrected chi connectivity index (χ3v) is 2.30. The average molecular weight is 219 g/mol. The Bertz CT molecular complexity index is 548. The molecule has 0 saturated carbocycles. The average Bonchev–Trinajstić information content (AvgIpc) is 2.71. The number of primary amides is 1. The second kappa shape index (κ2) is 3.77. The van der Waals surface area contributed by atoms with E-state index in [1.54, 1.807) is 19.1 Å². The van der Waals surface area contributed by atoms with E-state index in [2.05, 4.69) is 10.2 Å². The molecule has 2 rings (SSSR count). The lowest BCUT2D eigenvalue weighted by atomic mass is 10.1. The first-order chi connectivity index (χ1) is 7.58. The second-order valence-corrected chi connectivity index (χ2v) is 3.50. The van der Waals surface area contributed by atoms with Gasteiger partial charge in [-0.2, -0.15) is 5.10 Å². The number of nitrogens with two attached hydrogens (primary N) is 1. The van der Waals surface area contributed by atoms with Crippen molar-refractivity contribution in [3.63, 3.8) is 0 Å². The summed E-state index contributed by atoms with van der Waals surface area (Å²) in [5, 5.41) is 6.45. The molecule has 0 aliphatic rings. The molecule has 16 heavy (non-hydrogen) atoms. The number of amides is 1. The lowest BCUT2D eigenvalue weighted by Gasteiger charge is -1.99.